The third-order valence-corrected chi connectivity index (χ3v) is 4.93. The molecular formula is C21H27ClFN3O2. The van der Waals surface area contributed by atoms with Crippen molar-refractivity contribution in [3.05, 3.63) is 65.5 Å². The Balaban J connectivity index is 0.00000280. The van der Waals surface area contributed by atoms with Gasteiger partial charge >= 0.3 is 0 Å². The lowest BCUT2D eigenvalue weighted by Gasteiger charge is -2.36. The van der Waals surface area contributed by atoms with Crippen LogP contribution in [0.15, 0.2) is 48.5 Å². The summed E-state index contributed by atoms with van der Waals surface area (Å²) >= 11 is 0. The molecule has 0 aromatic heterocycles. The van der Waals surface area contributed by atoms with Gasteiger partial charge in [-0.3, -0.25) is 9.69 Å². The Hall–Kier alpha value is -2.15. The summed E-state index contributed by atoms with van der Waals surface area (Å²) in [5.74, 6) is 0.599. The highest BCUT2D eigenvalue weighted by atomic mass is 35.5. The van der Waals surface area contributed by atoms with Gasteiger partial charge in [-0.05, 0) is 35.4 Å². The molecule has 28 heavy (non-hydrogen) atoms. The smallest absolute Gasteiger partial charge is 0.236 e. The van der Waals surface area contributed by atoms with E-state index in [2.05, 4.69) is 10.2 Å². The van der Waals surface area contributed by atoms with Gasteiger partial charge in [-0.1, -0.05) is 24.3 Å². The lowest BCUT2D eigenvalue weighted by atomic mass is 10.0. The summed E-state index contributed by atoms with van der Waals surface area (Å²) in [4.78, 5) is 16.6. The Kier molecular flexibility index (Phi) is 8.23. The average Bonchev–Trinajstić information content (AvgIpc) is 2.69. The van der Waals surface area contributed by atoms with Gasteiger partial charge in [-0.25, -0.2) is 4.39 Å². The quantitative estimate of drug-likeness (QED) is 0.799. The first-order valence-electron chi connectivity index (χ1n) is 9.14. The van der Waals surface area contributed by atoms with E-state index in [1.165, 1.54) is 6.07 Å². The van der Waals surface area contributed by atoms with Crippen molar-refractivity contribution in [1.29, 1.82) is 0 Å². The Labute approximate surface area is 171 Å². The Morgan fingerprint density at radius 2 is 2.04 bits per heavy atom. The second-order valence-corrected chi connectivity index (χ2v) is 6.84. The maximum atomic E-state index is 13.6. The van der Waals surface area contributed by atoms with Crippen molar-refractivity contribution in [1.82, 2.24) is 15.1 Å². The molecule has 152 valence electrons. The van der Waals surface area contributed by atoms with Crippen molar-refractivity contribution in [2.24, 2.45) is 0 Å². The normalized spacial score (nSPS) is 16.9. The van der Waals surface area contributed by atoms with Crippen molar-refractivity contribution >= 4 is 18.3 Å². The van der Waals surface area contributed by atoms with E-state index in [9.17, 15) is 9.18 Å². The van der Waals surface area contributed by atoms with Gasteiger partial charge in [0.15, 0.2) is 0 Å². The number of halogens is 2. The minimum absolute atomic E-state index is 0. The molecule has 1 amide bonds. The predicted octanol–water partition coefficient (Wildman–Crippen LogP) is 2.86. The molecule has 2 aromatic rings. The molecule has 2 aromatic carbocycles. The van der Waals surface area contributed by atoms with Crippen molar-refractivity contribution in [2.45, 2.75) is 12.6 Å². The summed E-state index contributed by atoms with van der Waals surface area (Å²) in [5, 5.41) is 3.33. The SMILES string of the molecule is COc1ccc(CN(C)C(=O)CN2CCNCC2c2cccc(F)c2)cc1.Cl. The molecule has 3 rings (SSSR count). The number of rotatable bonds is 6. The topological polar surface area (TPSA) is 44.8 Å². The fraction of sp³-hybridized carbons (Fsp3) is 0.381. The van der Waals surface area contributed by atoms with E-state index in [-0.39, 0.29) is 30.2 Å². The molecule has 1 saturated heterocycles. The summed E-state index contributed by atoms with van der Waals surface area (Å²) in [6.45, 7) is 3.14. The number of hydrogen-bond acceptors (Lipinski definition) is 4. The first-order valence-corrected chi connectivity index (χ1v) is 9.14. The molecule has 1 N–H and O–H groups in total. The molecule has 1 heterocycles. The fourth-order valence-electron chi connectivity index (χ4n) is 3.37. The van der Waals surface area contributed by atoms with Crippen LogP contribution in [-0.4, -0.2) is 56.0 Å². The average molecular weight is 408 g/mol. The van der Waals surface area contributed by atoms with Crippen molar-refractivity contribution < 1.29 is 13.9 Å². The number of benzene rings is 2. The number of likely N-dealkylation sites (N-methyl/N-ethyl adjacent to an activating group) is 1. The van der Waals surface area contributed by atoms with Gasteiger partial charge in [0.05, 0.1) is 13.7 Å². The van der Waals surface area contributed by atoms with Crippen LogP contribution < -0.4 is 10.1 Å². The summed E-state index contributed by atoms with van der Waals surface area (Å²) in [6, 6.07) is 14.3. The van der Waals surface area contributed by atoms with Gasteiger partial charge in [0.1, 0.15) is 11.6 Å². The van der Waals surface area contributed by atoms with Crippen LogP contribution in [-0.2, 0) is 11.3 Å². The zero-order valence-corrected chi connectivity index (χ0v) is 17.0. The molecule has 0 bridgehead atoms. The number of amides is 1. The van der Waals surface area contributed by atoms with Crippen LogP contribution in [0, 0.1) is 5.82 Å². The van der Waals surface area contributed by atoms with E-state index < -0.39 is 0 Å². The molecule has 0 spiro atoms. The van der Waals surface area contributed by atoms with E-state index >= 15 is 0 Å². The number of methoxy groups -OCH3 is 1. The van der Waals surface area contributed by atoms with Crippen LogP contribution in [0.3, 0.4) is 0 Å². The van der Waals surface area contributed by atoms with Crippen LogP contribution in [0.25, 0.3) is 0 Å². The van der Waals surface area contributed by atoms with Crippen LogP contribution in [0.1, 0.15) is 17.2 Å². The molecule has 0 aliphatic carbocycles. The van der Waals surface area contributed by atoms with E-state index in [1.807, 2.05) is 37.4 Å². The molecule has 1 aliphatic rings. The highest BCUT2D eigenvalue weighted by Gasteiger charge is 2.26. The highest BCUT2D eigenvalue weighted by molar-refractivity contribution is 5.85. The third kappa shape index (κ3) is 5.67. The van der Waals surface area contributed by atoms with Gasteiger partial charge in [0.2, 0.25) is 5.91 Å². The molecular weight excluding hydrogens is 381 g/mol. The zero-order chi connectivity index (χ0) is 19.2. The lowest BCUT2D eigenvalue weighted by Crippen LogP contribution is -2.49. The predicted molar refractivity (Wildman–Crippen MR) is 110 cm³/mol. The molecule has 0 saturated carbocycles. The van der Waals surface area contributed by atoms with Gasteiger partial charge in [-0.2, -0.15) is 0 Å². The first kappa shape index (κ1) is 22.1. The second kappa shape index (κ2) is 10.4. The van der Waals surface area contributed by atoms with Crippen LogP contribution in [0.4, 0.5) is 4.39 Å². The summed E-state index contributed by atoms with van der Waals surface area (Å²) in [5.41, 5.74) is 1.95. The first-order chi connectivity index (χ1) is 13.1. The van der Waals surface area contributed by atoms with E-state index in [4.69, 9.17) is 4.74 Å². The minimum atomic E-state index is -0.249. The Morgan fingerprint density at radius 3 is 2.71 bits per heavy atom. The van der Waals surface area contributed by atoms with Crippen molar-refractivity contribution in [2.75, 3.05) is 40.3 Å². The van der Waals surface area contributed by atoms with E-state index in [1.54, 1.807) is 24.1 Å². The fourth-order valence-corrected chi connectivity index (χ4v) is 3.37. The molecule has 1 unspecified atom stereocenters. The number of carbonyl (C=O) groups is 1. The molecule has 0 radical (unpaired) electrons. The maximum Gasteiger partial charge on any atom is 0.236 e. The molecule has 5 nitrogen and oxygen atoms in total. The summed E-state index contributed by atoms with van der Waals surface area (Å²) in [7, 11) is 3.44. The van der Waals surface area contributed by atoms with Gasteiger partial charge in [-0.15, -0.1) is 12.4 Å². The van der Waals surface area contributed by atoms with Crippen molar-refractivity contribution in [3.63, 3.8) is 0 Å². The number of ether oxygens (including phenoxy) is 1. The third-order valence-electron chi connectivity index (χ3n) is 4.93. The summed E-state index contributed by atoms with van der Waals surface area (Å²) in [6.07, 6.45) is 0. The summed E-state index contributed by atoms with van der Waals surface area (Å²) < 4.78 is 18.8. The lowest BCUT2D eigenvalue weighted by molar-refractivity contribution is -0.132. The number of nitrogens with zero attached hydrogens (tertiary/aromatic N) is 2. The zero-order valence-electron chi connectivity index (χ0n) is 16.2. The molecule has 1 aliphatic heterocycles. The van der Waals surface area contributed by atoms with Crippen LogP contribution in [0.2, 0.25) is 0 Å². The standard InChI is InChI=1S/C21H26FN3O2.ClH/c1-24(14-16-6-8-19(27-2)9-7-16)21(26)15-25-11-10-23-13-20(25)17-4-3-5-18(22)12-17;/h3-9,12,20,23H,10-11,13-15H2,1-2H3;1H. The second-order valence-electron chi connectivity index (χ2n) is 6.84. The van der Waals surface area contributed by atoms with Gasteiger partial charge in [0, 0.05) is 39.3 Å². The van der Waals surface area contributed by atoms with E-state index in [0.717, 1.165) is 30.0 Å². The highest BCUT2D eigenvalue weighted by Crippen LogP contribution is 2.23. The number of nitrogens with one attached hydrogen (secondary N) is 1. The van der Waals surface area contributed by atoms with Crippen LogP contribution >= 0.6 is 12.4 Å². The maximum absolute atomic E-state index is 13.6. The molecule has 7 heteroatoms. The number of hydrogen-bond donors (Lipinski definition) is 1. The minimum Gasteiger partial charge on any atom is -0.497 e. The van der Waals surface area contributed by atoms with Crippen molar-refractivity contribution in [3.8, 4) is 5.75 Å². The number of piperazine rings is 1. The molecule has 1 fully saturated rings. The van der Waals surface area contributed by atoms with Crippen LogP contribution in [0.5, 0.6) is 5.75 Å². The van der Waals surface area contributed by atoms with E-state index in [0.29, 0.717) is 19.6 Å². The Morgan fingerprint density at radius 1 is 1.29 bits per heavy atom. The van der Waals surface area contributed by atoms with Gasteiger partial charge in [0.25, 0.3) is 0 Å². The monoisotopic (exact) mass is 407 g/mol. The number of carbonyl (C=O) groups excluding carboxylic acids is 1. The molecule has 1 atom stereocenters. The largest absolute Gasteiger partial charge is 0.497 e. The van der Waals surface area contributed by atoms with Gasteiger partial charge < -0.3 is 15.0 Å². The Bertz CT molecular complexity index is 773.